The maximum Gasteiger partial charge on any atom is 0.200 e. The Morgan fingerprint density at radius 1 is 1.36 bits per heavy atom. The summed E-state index contributed by atoms with van der Waals surface area (Å²) in [6, 6.07) is 2.94. The molecule has 0 aromatic heterocycles. The first-order chi connectivity index (χ1) is 11.9. The lowest BCUT2D eigenvalue weighted by Crippen LogP contribution is -2.44. The zero-order valence-corrected chi connectivity index (χ0v) is 14.6. The van der Waals surface area contributed by atoms with Crippen molar-refractivity contribution in [2.24, 2.45) is 11.8 Å². The van der Waals surface area contributed by atoms with E-state index in [2.05, 4.69) is 0 Å². The Morgan fingerprint density at radius 3 is 2.80 bits per heavy atom. The van der Waals surface area contributed by atoms with Gasteiger partial charge in [-0.1, -0.05) is 19.9 Å². The number of fused-ring (bicyclic) bond motifs is 1. The second-order valence-corrected chi connectivity index (χ2v) is 6.68. The van der Waals surface area contributed by atoms with Gasteiger partial charge in [-0.3, -0.25) is 4.79 Å². The lowest BCUT2D eigenvalue weighted by molar-refractivity contribution is -0.123. The number of hydrogen-bond donors (Lipinski definition) is 0. The molecule has 0 saturated carbocycles. The van der Waals surface area contributed by atoms with Crippen LogP contribution in [0.2, 0.25) is 0 Å². The van der Waals surface area contributed by atoms with E-state index in [1.54, 1.807) is 0 Å². The van der Waals surface area contributed by atoms with Crippen molar-refractivity contribution in [2.75, 3.05) is 13.9 Å². The first-order valence-corrected chi connectivity index (χ1v) is 8.46. The predicted molar refractivity (Wildman–Crippen MR) is 87.0 cm³/mol. The van der Waals surface area contributed by atoms with Gasteiger partial charge in [-0.2, -0.15) is 4.39 Å². The van der Waals surface area contributed by atoms with Crippen LogP contribution in [0.25, 0.3) is 0 Å². The van der Waals surface area contributed by atoms with E-state index in [1.807, 2.05) is 13.8 Å². The molecular weight excluding hydrogens is 330 g/mol. The second kappa shape index (κ2) is 6.75. The van der Waals surface area contributed by atoms with Crippen LogP contribution in [-0.4, -0.2) is 25.3 Å². The van der Waals surface area contributed by atoms with Gasteiger partial charge in [-0.15, -0.1) is 0 Å². The fourth-order valence-corrected chi connectivity index (χ4v) is 3.74. The van der Waals surface area contributed by atoms with Crippen LogP contribution in [0.15, 0.2) is 24.0 Å². The zero-order chi connectivity index (χ0) is 18.2. The fourth-order valence-electron chi connectivity index (χ4n) is 3.74. The lowest BCUT2D eigenvalue weighted by Gasteiger charge is -2.38. The molecule has 0 spiro atoms. The SMILES string of the molecule is CC[C@H]1C[C@]2([C@H](C)Cc3ccc(OC)c(F)c3F)OCOC2=CC1=O. The maximum absolute atomic E-state index is 14.3. The number of carbonyl (C=O) groups is 1. The zero-order valence-electron chi connectivity index (χ0n) is 14.6. The average molecular weight is 352 g/mol. The van der Waals surface area contributed by atoms with E-state index in [-0.39, 0.29) is 42.1 Å². The molecule has 6 heteroatoms. The monoisotopic (exact) mass is 352 g/mol. The van der Waals surface area contributed by atoms with Crippen LogP contribution in [0.1, 0.15) is 32.3 Å². The molecule has 0 amide bonds. The van der Waals surface area contributed by atoms with Crippen LogP contribution in [0.4, 0.5) is 8.78 Å². The summed E-state index contributed by atoms with van der Waals surface area (Å²) in [7, 11) is 1.30. The first kappa shape index (κ1) is 17.9. The largest absolute Gasteiger partial charge is 0.494 e. The highest BCUT2D eigenvalue weighted by Crippen LogP contribution is 2.46. The molecule has 4 nitrogen and oxygen atoms in total. The van der Waals surface area contributed by atoms with Gasteiger partial charge in [0.15, 0.2) is 24.1 Å². The molecule has 3 atom stereocenters. The minimum atomic E-state index is -0.991. The summed E-state index contributed by atoms with van der Waals surface area (Å²) < 4.78 is 44.5. The summed E-state index contributed by atoms with van der Waals surface area (Å²) in [4.78, 5) is 12.1. The summed E-state index contributed by atoms with van der Waals surface area (Å²) in [6.07, 6.45) is 2.96. The number of allylic oxidation sites excluding steroid dienone is 1. The first-order valence-electron chi connectivity index (χ1n) is 8.46. The van der Waals surface area contributed by atoms with E-state index in [0.717, 1.165) is 0 Å². The van der Waals surface area contributed by atoms with Gasteiger partial charge in [-0.25, -0.2) is 4.39 Å². The molecule has 0 unspecified atom stereocenters. The van der Waals surface area contributed by atoms with Gasteiger partial charge in [0, 0.05) is 12.0 Å². The van der Waals surface area contributed by atoms with Gasteiger partial charge in [-0.05, 0) is 36.8 Å². The quantitative estimate of drug-likeness (QED) is 0.809. The molecule has 0 N–H and O–H groups in total. The van der Waals surface area contributed by atoms with Gasteiger partial charge in [0.05, 0.1) is 7.11 Å². The molecule has 2 aliphatic rings. The molecule has 136 valence electrons. The normalized spacial score (nSPS) is 26.7. The molecule has 1 saturated heterocycles. The second-order valence-electron chi connectivity index (χ2n) is 6.68. The number of methoxy groups -OCH3 is 1. The van der Waals surface area contributed by atoms with Crippen LogP contribution in [0.3, 0.4) is 0 Å². The van der Waals surface area contributed by atoms with E-state index < -0.39 is 17.2 Å². The molecule has 1 aliphatic carbocycles. The summed E-state index contributed by atoms with van der Waals surface area (Å²) in [5.74, 6) is -1.82. The third-order valence-electron chi connectivity index (χ3n) is 5.34. The summed E-state index contributed by atoms with van der Waals surface area (Å²) >= 11 is 0. The molecule has 1 fully saturated rings. The Labute approximate surface area is 145 Å². The number of ketones is 1. The van der Waals surface area contributed by atoms with Crippen molar-refractivity contribution >= 4 is 5.78 Å². The summed E-state index contributed by atoms with van der Waals surface area (Å²) in [6.45, 7) is 3.93. The average Bonchev–Trinajstić information content (AvgIpc) is 3.02. The number of carbonyl (C=O) groups excluding carboxylic acids is 1. The number of halogens is 2. The number of ether oxygens (including phenoxy) is 3. The standard InChI is InChI=1S/C19H22F2O4/c1-4-12-9-19(16(8-14(12)22)24-10-25-19)11(2)7-13-5-6-15(23-3)18(21)17(13)20/h5-6,8,11-12H,4,7,9-10H2,1-3H3/t11-,12+,19-/m1/s1. The van der Waals surface area contributed by atoms with Crippen molar-refractivity contribution < 1.29 is 27.8 Å². The minimum Gasteiger partial charge on any atom is -0.494 e. The molecule has 0 bridgehead atoms. The van der Waals surface area contributed by atoms with Crippen LogP contribution >= 0.6 is 0 Å². The third kappa shape index (κ3) is 2.92. The van der Waals surface area contributed by atoms with Crippen molar-refractivity contribution in [2.45, 2.75) is 38.7 Å². The summed E-state index contributed by atoms with van der Waals surface area (Å²) in [5.41, 5.74) is -0.516. The van der Waals surface area contributed by atoms with Crippen LogP contribution in [0.5, 0.6) is 5.75 Å². The lowest BCUT2D eigenvalue weighted by atomic mass is 9.71. The van der Waals surface area contributed by atoms with E-state index >= 15 is 0 Å². The predicted octanol–water partition coefficient (Wildman–Crippen LogP) is 3.78. The Balaban J connectivity index is 1.90. The fraction of sp³-hybridized carbons (Fsp3) is 0.526. The number of hydrogen-bond acceptors (Lipinski definition) is 4. The van der Waals surface area contributed by atoms with Crippen LogP contribution in [-0.2, 0) is 20.7 Å². The molecular formula is C19H22F2O4. The molecule has 1 aromatic carbocycles. The van der Waals surface area contributed by atoms with Gasteiger partial charge in [0.2, 0.25) is 5.82 Å². The van der Waals surface area contributed by atoms with Gasteiger partial charge >= 0.3 is 0 Å². The Bertz CT molecular complexity index is 716. The van der Waals surface area contributed by atoms with Gasteiger partial charge in [0.25, 0.3) is 0 Å². The van der Waals surface area contributed by atoms with E-state index in [4.69, 9.17) is 14.2 Å². The van der Waals surface area contributed by atoms with Crippen LogP contribution in [0, 0.1) is 23.5 Å². The van der Waals surface area contributed by atoms with Crippen molar-refractivity contribution in [1.82, 2.24) is 0 Å². The highest BCUT2D eigenvalue weighted by Gasteiger charge is 2.51. The van der Waals surface area contributed by atoms with Gasteiger partial charge in [0.1, 0.15) is 11.4 Å². The number of benzene rings is 1. The molecule has 1 aliphatic heterocycles. The van der Waals surface area contributed by atoms with Crippen molar-refractivity contribution in [1.29, 1.82) is 0 Å². The highest BCUT2D eigenvalue weighted by molar-refractivity contribution is 5.93. The molecule has 1 aromatic rings. The van der Waals surface area contributed by atoms with Crippen molar-refractivity contribution in [3.63, 3.8) is 0 Å². The van der Waals surface area contributed by atoms with E-state index in [1.165, 1.54) is 25.3 Å². The Hall–Kier alpha value is -1.95. The van der Waals surface area contributed by atoms with Crippen molar-refractivity contribution in [3.05, 3.63) is 41.2 Å². The Morgan fingerprint density at radius 2 is 2.12 bits per heavy atom. The van der Waals surface area contributed by atoms with Gasteiger partial charge < -0.3 is 14.2 Å². The molecule has 3 rings (SSSR count). The van der Waals surface area contributed by atoms with Crippen molar-refractivity contribution in [3.8, 4) is 5.75 Å². The third-order valence-corrected chi connectivity index (χ3v) is 5.34. The number of rotatable bonds is 5. The molecule has 25 heavy (non-hydrogen) atoms. The maximum atomic E-state index is 14.3. The summed E-state index contributed by atoms with van der Waals surface area (Å²) in [5, 5.41) is 0. The smallest absolute Gasteiger partial charge is 0.200 e. The van der Waals surface area contributed by atoms with E-state index in [0.29, 0.717) is 18.6 Å². The van der Waals surface area contributed by atoms with E-state index in [9.17, 15) is 13.6 Å². The minimum absolute atomic E-state index is 0.0347. The Kier molecular flexibility index (Phi) is 4.82. The highest BCUT2D eigenvalue weighted by atomic mass is 19.2. The molecule has 1 heterocycles. The molecule has 0 radical (unpaired) electrons. The van der Waals surface area contributed by atoms with Crippen LogP contribution < -0.4 is 4.74 Å². The topological polar surface area (TPSA) is 44.8 Å².